The number of anilines is 3. The first-order valence-electron chi connectivity index (χ1n) is 23.7. The Morgan fingerprint density at radius 1 is 0.343 bits per heavy atom. The van der Waals surface area contributed by atoms with Crippen molar-refractivity contribution >= 4 is 38.6 Å². The largest absolute Gasteiger partial charge is 0.456 e. The second kappa shape index (κ2) is 15.2. The molecule has 0 atom stereocenters. The van der Waals surface area contributed by atoms with Crippen molar-refractivity contribution in [3.63, 3.8) is 0 Å². The molecule has 0 unspecified atom stereocenters. The predicted octanol–water partition coefficient (Wildman–Crippen LogP) is 17.9. The molecule has 2 nitrogen and oxygen atoms in total. The summed E-state index contributed by atoms with van der Waals surface area (Å²) < 4.78 is 7.41. The SMILES string of the molecule is CC(C)(C)c1ccc2c(c1)C1(c3ccccc3Oc3c(-c4ccccc4N(c4ccccc4-c4cccc5ccccc45)c4cccc5ccccc45)cccc31)c1cc(C(C)(C)C)ccc1-2. The number of para-hydroxylation sites is 4. The fraction of sp³-hybridized carbons (Fsp3) is 0.138. The van der Waals surface area contributed by atoms with E-state index in [-0.39, 0.29) is 10.8 Å². The molecule has 0 saturated heterocycles. The summed E-state index contributed by atoms with van der Waals surface area (Å²) in [6.07, 6.45) is 0. The van der Waals surface area contributed by atoms with Crippen molar-refractivity contribution < 1.29 is 4.74 Å². The lowest BCUT2D eigenvalue weighted by molar-refractivity contribution is 0.437. The number of nitrogens with zero attached hydrogens (tertiary/aromatic N) is 1. The Kier molecular flexibility index (Phi) is 9.25. The van der Waals surface area contributed by atoms with Gasteiger partial charge < -0.3 is 9.64 Å². The fourth-order valence-corrected chi connectivity index (χ4v) is 11.2. The van der Waals surface area contributed by atoms with E-state index in [4.69, 9.17) is 4.74 Å². The van der Waals surface area contributed by atoms with Crippen molar-refractivity contribution in [2.75, 3.05) is 4.90 Å². The Bertz CT molecular complexity index is 3520. The Labute approximate surface area is 394 Å². The zero-order valence-corrected chi connectivity index (χ0v) is 39.1. The maximum atomic E-state index is 7.41. The van der Waals surface area contributed by atoms with E-state index in [1.54, 1.807) is 0 Å². The molecule has 10 aromatic rings. The maximum Gasteiger partial charge on any atom is 0.140 e. The van der Waals surface area contributed by atoms with Crippen molar-refractivity contribution in [1.29, 1.82) is 0 Å². The zero-order chi connectivity index (χ0) is 45.7. The lowest BCUT2D eigenvalue weighted by Crippen LogP contribution is -2.33. The standard InChI is InChI=1S/C65H53NO/c1-63(2,3)44-36-38-49-50-39-37-45(64(4,5)6)41-57(50)65(56(49)40-44)54-30-13-16-35-61(54)67-62-53(29-19-31-55(62)65)52-27-12-15-33-60(52)66(58-34-18-23-43-21-8-10-25-47(43)58)59-32-14-11-26-51(59)48-28-17-22-42-20-7-9-24-46(42)48/h7-41H,1-6H3. The monoisotopic (exact) mass is 863 g/mol. The highest BCUT2D eigenvalue weighted by molar-refractivity contribution is 6.06. The normalized spacial score (nSPS) is 13.5. The number of hydrogen-bond donors (Lipinski definition) is 0. The lowest BCUT2D eigenvalue weighted by atomic mass is 9.64. The van der Waals surface area contributed by atoms with E-state index in [9.17, 15) is 0 Å². The summed E-state index contributed by atoms with van der Waals surface area (Å²) >= 11 is 0. The molecule has 1 aliphatic carbocycles. The van der Waals surface area contributed by atoms with E-state index in [0.717, 1.165) is 50.8 Å². The minimum atomic E-state index is -0.640. The number of ether oxygens (including phenoxy) is 1. The molecule has 0 aromatic heterocycles. The molecule has 0 radical (unpaired) electrons. The van der Waals surface area contributed by atoms with Crippen LogP contribution in [0.1, 0.15) is 74.9 Å². The van der Waals surface area contributed by atoms with Gasteiger partial charge in [0, 0.05) is 33.2 Å². The Morgan fingerprint density at radius 3 is 1.45 bits per heavy atom. The third-order valence-electron chi connectivity index (χ3n) is 14.5. The number of rotatable bonds is 5. The molecule has 0 amide bonds. The molecule has 1 heterocycles. The highest BCUT2D eigenvalue weighted by Crippen LogP contribution is 2.64. The minimum Gasteiger partial charge on any atom is -0.456 e. The average Bonchev–Trinajstić information content (AvgIpc) is 3.63. The quantitative estimate of drug-likeness (QED) is 0.171. The first kappa shape index (κ1) is 40.8. The van der Waals surface area contributed by atoms with Gasteiger partial charge in [0.25, 0.3) is 0 Å². The van der Waals surface area contributed by atoms with Crippen molar-refractivity contribution in [3.05, 3.63) is 246 Å². The summed E-state index contributed by atoms with van der Waals surface area (Å²) in [6.45, 7) is 13.9. The first-order valence-corrected chi connectivity index (χ1v) is 23.7. The molecular formula is C65H53NO. The van der Waals surface area contributed by atoms with E-state index in [0.29, 0.717) is 0 Å². The van der Waals surface area contributed by atoms with Crippen LogP contribution in [0.25, 0.3) is 54.9 Å². The van der Waals surface area contributed by atoms with Crippen LogP contribution < -0.4 is 9.64 Å². The topological polar surface area (TPSA) is 12.5 Å². The highest BCUT2D eigenvalue weighted by Gasteiger charge is 2.52. The Hall–Kier alpha value is -7.68. The van der Waals surface area contributed by atoms with E-state index in [2.05, 4.69) is 259 Å². The molecule has 0 bridgehead atoms. The molecule has 10 aromatic carbocycles. The van der Waals surface area contributed by atoms with Crippen molar-refractivity contribution in [1.82, 2.24) is 0 Å². The molecule has 0 N–H and O–H groups in total. The summed E-state index contributed by atoms with van der Waals surface area (Å²) in [5.74, 6) is 1.77. The second-order valence-electron chi connectivity index (χ2n) is 20.4. The van der Waals surface area contributed by atoms with Crippen LogP contribution in [0.5, 0.6) is 11.5 Å². The van der Waals surface area contributed by atoms with Crippen molar-refractivity contribution in [3.8, 4) is 44.9 Å². The van der Waals surface area contributed by atoms with Crippen LogP contribution in [0, 0.1) is 0 Å². The summed E-state index contributed by atoms with van der Waals surface area (Å²) in [4.78, 5) is 2.49. The van der Waals surface area contributed by atoms with Crippen LogP contribution in [-0.2, 0) is 16.2 Å². The molecule has 2 heteroatoms. The molecule has 1 spiro atoms. The molecule has 67 heavy (non-hydrogen) atoms. The molecule has 0 fully saturated rings. The number of fused-ring (bicyclic) bond motifs is 11. The Balaban J connectivity index is 1.16. The van der Waals surface area contributed by atoms with Gasteiger partial charge in [-0.1, -0.05) is 230 Å². The number of benzene rings is 10. The average molecular weight is 864 g/mol. The first-order chi connectivity index (χ1) is 32.5. The van der Waals surface area contributed by atoms with Gasteiger partial charge in [0.1, 0.15) is 11.5 Å². The van der Waals surface area contributed by atoms with Crippen LogP contribution in [0.2, 0.25) is 0 Å². The van der Waals surface area contributed by atoms with Crippen LogP contribution in [0.4, 0.5) is 17.1 Å². The van der Waals surface area contributed by atoms with E-state index < -0.39 is 5.41 Å². The molecule has 1 aliphatic heterocycles. The smallest absolute Gasteiger partial charge is 0.140 e. The maximum absolute atomic E-state index is 7.41. The third-order valence-corrected chi connectivity index (χ3v) is 14.5. The van der Waals surface area contributed by atoms with E-state index in [1.165, 1.54) is 66.1 Å². The predicted molar refractivity (Wildman–Crippen MR) is 282 cm³/mol. The van der Waals surface area contributed by atoms with Crippen LogP contribution >= 0.6 is 0 Å². The zero-order valence-electron chi connectivity index (χ0n) is 39.1. The van der Waals surface area contributed by atoms with Gasteiger partial charge in [0.15, 0.2) is 0 Å². The molecule has 12 rings (SSSR count). The van der Waals surface area contributed by atoms with E-state index in [1.807, 2.05) is 0 Å². The minimum absolute atomic E-state index is 0.0523. The second-order valence-corrected chi connectivity index (χ2v) is 20.4. The van der Waals surface area contributed by atoms with Crippen LogP contribution in [0.3, 0.4) is 0 Å². The molecule has 324 valence electrons. The molecule has 0 saturated carbocycles. The number of hydrogen-bond acceptors (Lipinski definition) is 2. The summed E-state index contributed by atoms with van der Waals surface area (Å²) in [5, 5.41) is 4.80. The summed E-state index contributed by atoms with van der Waals surface area (Å²) in [7, 11) is 0. The van der Waals surface area contributed by atoms with Gasteiger partial charge in [-0.25, -0.2) is 0 Å². The van der Waals surface area contributed by atoms with Gasteiger partial charge in [-0.3, -0.25) is 0 Å². The van der Waals surface area contributed by atoms with Gasteiger partial charge in [0.2, 0.25) is 0 Å². The third kappa shape index (κ3) is 6.30. The van der Waals surface area contributed by atoms with Gasteiger partial charge >= 0.3 is 0 Å². The summed E-state index contributed by atoms with van der Waals surface area (Å²) in [5.41, 5.74) is 17.1. The van der Waals surface area contributed by atoms with Gasteiger partial charge in [0.05, 0.1) is 22.5 Å². The fourth-order valence-electron chi connectivity index (χ4n) is 11.2. The van der Waals surface area contributed by atoms with Crippen LogP contribution in [0.15, 0.2) is 212 Å². The lowest BCUT2D eigenvalue weighted by Gasteiger charge is -2.41. The van der Waals surface area contributed by atoms with Gasteiger partial charge in [-0.15, -0.1) is 0 Å². The summed E-state index contributed by atoms with van der Waals surface area (Å²) in [6, 6.07) is 78.7. The van der Waals surface area contributed by atoms with Crippen LogP contribution in [-0.4, -0.2) is 0 Å². The van der Waals surface area contributed by atoms with Crippen molar-refractivity contribution in [2.45, 2.75) is 57.8 Å². The molecule has 2 aliphatic rings. The van der Waals surface area contributed by atoms with Gasteiger partial charge in [-0.2, -0.15) is 0 Å². The Morgan fingerprint density at radius 2 is 0.791 bits per heavy atom. The molecular weight excluding hydrogens is 811 g/mol. The van der Waals surface area contributed by atoms with Gasteiger partial charge in [-0.05, 0) is 90.2 Å². The highest BCUT2D eigenvalue weighted by atomic mass is 16.5. The van der Waals surface area contributed by atoms with E-state index >= 15 is 0 Å². The van der Waals surface area contributed by atoms with Crippen molar-refractivity contribution in [2.24, 2.45) is 0 Å².